The van der Waals surface area contributed by atoms with Crippen LogP contribution < -0.4 is 32.7 Å². The van der Waals surface area contributed by atoms with Crippen LogP contribution >= 0.6 is 35.2 Å². The van der Waals surface area contributed by atoms with Gasteiger partial charge in [-0.15, -0.1) is 0 Å². The maximum absolute atomic E-state index is 4.90. The van der Waals surface area contributed by atoms with Crippen molar-refractivity contribution < 1.29 is 32.2 Å². The second-order valence-electron chi connectivity index (χ2n) is 8.93. The fourth-order valence-electron chi connectivity index (χ4n) is 4.23. The molecule has 0 unspecified atom stereocenters. The molecule has 0 amide bonds. The molecule has 0 bridgehead atoms. The molecule has 4 N–H and O–H groups in total. The Kier molecular flexibility index (Phi) is 22.1. The quantitative estimate of drug-likeness (QED) is 0.154. The molecule has 8 heteroatoms. The SMILES string of the molecule is NCCN.[CH]1[CH][CH][C](P(c2ccccc2)c2ccccc2)[CH]1.[CH]1[CH][CH][C](P(c2ccccc2)c2ccccc2)[CH]1.[Cl][Ru][Cl].[Fe+2]. The zero-order valence-electron chi connectivity index (χ0n) is 24.1. The van der Waals surface area contributed by atoms with Gasteiger partial charge in [0.25, 0.3) is 0 Å². The maximum Gasteiger partial charge on any atom is 2.00 e. The van der Waals surface area contributed by atoms with E-state index in [9.17, 15) is 0 Å². The van der Waals surface area contributed by atoms with Crippen molar-refractivity contribution >= 4 is 56.4 Å². The molecule has 0 aliphatic heterocycles. The average molecular weight is 786 g/mol. The topological polar surface area (TPSA) is 52.0 Å². The van der Waals surface area contributed by atoms with E-state index in [-0.39, 0.29) is 32.2 Å². The van der Waals surface area contributed by atoms with Crippen LogP contribution in [0.4, 0.5) is 0 Å². The molecular formula is C36H36Cl2FeN2P2Ru+2. The molecule has 228 valence electrons. The van der Waals surface area contributed by atoms with Crippen molar-refractivity contribution in [2.75, 3.05) is 13.1 Å². The first kappa shape index (κ1) is 39.6. The predicted octanol–water partition coefficient (Wildman–Crippen LogP) is 7.24. The fraction of sp³-hybridized carbons (Fsp3) is 0.0556. The van der Waals surface area contributed by atoms with Gasteiger partial charge < -0.3 is 11.5 Å². The summed E-state index contributed by atoms with van der Waals surface area (Å²) in [4.78, 5) is 0. The molecule has 2 fully saturated rings. The molecule has 0 atom stereocenters. The third-order valence-corrected chi connectivity index (χ3v) is 10.9. The van der Waals surface area contributed by atoms with Crippen LogP contribution in [0.2, 0.25) is 0 Å². The maximum atomic E-state index is 4.90. The molecule has 10 radical (unpaired) electrons. The minimum absolute atomic E-state index is 0. The van der Waals surface area contributed by atoms with Crippen LogP contribution in [-0.2, 0) is 32.2 Å². The molecule has 0 aromatic heterocycles. The first-order valence-electron chi connectivity index (χ1n) is 13.7. The van der Waals surface area contributed by atoms with E-state index in [1.165, 1.54) is 32.5 Å². The van der Waals surface area contributed by atoms with E-state index in [1.807, 2.05) is 0 Å². The predicted molar refractivity (Wildman–Crippen MR) is 189 cm³/mol. The first-order chi connectivity index (χ1) is 21.2. The molecule has 4 aromatic rings. The van der Waals surface area contributed by atoms with Crippen LogP contribution in [0.5, 0.6) is 0 Å². The van der Waals surface area contributed by atoms with Crippen LogP contribution in [0.1, 0.15) is 0 Å². The Hall–Kier alpha value is -0.617. The summed E-state index contributed by atoms with van der Waals surface area (Å²) in [5, 5.41) is 5.63. The molecular weight excluding hydrogens is 750 g/mol. The van der Waals surface area contributed by atoms with Gasteiger partial charge in [0, 0.05) is 24.4 Å². The van der Waals surface area contributed by atoms with Crippen LogP contribution in [0.25, 0.3) is 0 Å². The monoisotopic (exact) mass is 786 g/mol. The molecule has 6 rings (SSSR count). The average Bonchev–Trinajstić information content (AvgIpc) is 3.80. The molecule has 2 saturated carbocycles. The summed E-state index contributed by atoms with van der Waals surface area (Å²) in [5.41, 5.74) is 12.6. The summed E-state index contributed by atoms with van der Waals surface area (Å²) in [5.74, 6) is 0. The van der Waals surface area contributed by atoms with Gasteiger partial charge in [0.1, 0.15) is 0 Å². The summed E-state index contributed by atoms with van der Waals surface area (Å²) in [6, 6.07) is 43.1. The van der Waals surface area contributed by atoms with Gasteiger partial charge in [-0.2, -0.15) is 0 Å². The minimum Gasteiger partial charge on any atom is 2.00 e. The van der Waals surface area contributed by atoms with Crippen LogP contribution in [0.3, 0.4) is 0 Å². The Bertz CT molecular complexity index is 1040. The van der Waals surface area contributed by atoms with Crippen molar-refractivity contribution in [3.05, 3.63) is 184 Å². The van der Waals surface area contributed by atoms with Gasteiger partial charge >= 0.3 is 51.6 Å². The minimum atomic E-state index is -0.409. The summed E-state index contributed by atoms with van der Waals surface area (Å²) >= 11 is -0.346. The van der Waals surface area contributed by atoms with Gasteiger partial charge in [-0.25, -0.2) is 0 Å². The van der Waals surface area contributed by atoms with Gasteiger partial charge in [0.15, 0.2) is 0 Å². The summed E-state index contributed by atoms with van der Waals surface area (Å²) in [6.45, 7) is 1.19. The van der Waals surface area contributed by atoms with E-state index in [0.717, 1.165) is 0 Å². The molecule has 2 aliphatic rings. The van der Waals surface area contributed by atoms with E-state index in [1.54, 1.807) is 0 Å². The number of hydrogen-bond donors (Lipinski definition) is 2. The third kappa shape index (κ3) is 13.6. The fourth-order valence-corrected chi connectivity index (χ4v) is 8.84. The molecule has 2 nitrogen and oxygen atoms in total. The Balaban J connectivity index is 0.000000249. The number of benzene rings is 4. The van der Waals surface area contributed by atoms with Crippen molar-refractivity contribution in [3.63, 3.8) is 0 Å². The number of rotatable bonds is 7. The smallest absolute Gasteiger partial charge is 2.00 e. The zero-order chi connectivity index (χ0) is 30.5. The van der Waals surface area contributed by atoms with Gasteiger partial charge in [0.2, 0.25) is 0 Å². The van der Waals surface area contributed by atoms with Crippen LogP contribution in [-0.4, -0.2) is 13.1 Å². The number of hydrogen-bond acceptors (Lipinski definition) is 2. The Morgan fingerprint density at radius 1 is 0.432 bits per heavy atom. The third-order valence-electron chi connectivity index (χ3n) is 6.03. The normalized spacial score (nSPS) is 14.5. The molecule has 0 heterocycles. The van der Waals surface area contributed by atoms with E-state index >= 15 is 0 Å². The number of nitrogens with two attached hydrogens (primary N) is 2. The van der Waals surface area contributed by atoms with E-state index in [0.29, 0.717) is 13.1 Å². The van der Waals surface area contributed by atoms with Gasteiger partial charge in [0.05, 0.1) is 0 Å². The standard InChI is InChI=1S/2C17H14P.C2H8N2.2ClH.Fe.Ru/c2*1-3-9-15(10-4-1)18(17-13-7-8-14-17)16-11-5-2-6-12-16;3-1-2-4;;;;/h2*1-14H;1-4H2;2*1H;;/q;;;;;2*+2/p-2. The van der Waals surface area contributed by atoms with Crippen molar-refractivity contribution in [2.24, 2.45) is 11.5 Å². The van der Waals surface area contributed by atoms with Crippen molar-refractivity contribution in [1.29, 1.82) is 0 Å². The van der Waals surface area contributed by atoms with Crippen LogP contribution in [0.15, 0.2) is 121 Å². The van der Waals surface area contributed by atoms with E-state index in [2.05, 4.69) is 173 Å². The summed E-state index contributed by atoms with van der Waals surface area (Å²) in [7, 11) is 8.89. The van der Waals surface area contributed by atoms with Crippen molar-refractivity contribution in [2.45, 2.75) is 0 Å². The van der Waals surface area contributed by atoms with Crippen LogP contribution in [0, 0.1) is 62.7 Å². The van der Waals surface area contributed by atoms with Crippen molar-refractivity contribution in [1.82, 2.24) is 0 Å². The Morgan fingerprint density at radius 3 is 0.818 bits per heavy atom. The zero-order valence-corrected chi connectivity index (χ0v) is 30.2. The van der Waals surface area contributed by atoms with Gasteiger partial charge in [-0.3, -0.25) is 0 Å². The van der Waals surface area contributed by atoms with E-state index < -0.39 is 15.8 Å². The largest absolute Gasteiger partial charge is 2.00 e. The second kappa shape index (κ2) is 24.5. The first-order valence-corrected chi connectivity index (χ1v) is 20.9. The molecule has 0 saturated heterocycles. The molecule has 0 spiro atoms. The molecule has 44 heavy (non-hydrogen) atoms. The van der Waals surface area contributed by atoms with Gasteiger partial charge in [-0.1, -0.05) is 121 Å². The van der Waals surface area contributed by atoms with E-state index in [4.69, 9.17) is 30.8 Å². The summed E-state index contributed by atoms with van der Waals surface area (Å²) < 4.78 is 0. The number of halogens is 2. The summed E-state index contributed by atoms with van der Waals surface area (Å²) in [6.07, 6.45) is 17.4. The Labute approximate surface area is 295 Å². The van der Waals surface area contributed by atoms with Gasteiger partial charge in [-0.05, 0) is 88.4 Å². The molecule has 4 aromatic carbocycles. The second-order valence-corrected chi connectivity index (χ2v) is 16.0. The Morgan fingerprint density at radius 2 is 0.636 bits per heavy atom. The van der Waals surface area contributed by atoms with Crippen molar-refractivity contribution in [3.8, 4) is 0 Å². The molecule has 2 aliphatic carbocycles.